The van der Waals surface area contributed by atoms with Gasteiger partial charge in [-0.3, -0.25) is 10.1 Å². The molecule has 0 aliphatic heterocycles. The molecule has 0 unspecified atom stereocenters. The molecule has 0 saturated carbocycles. The fourth-order valence-corrected chi connectivity index (χ4v) is 2.02. The van der Waals surface area contributed by atoms with E-state index in [9.17, 15) is 28.1 Å². The Morgan fingerprint density at radius 3 is 2.32 bits per heavy atom. The summed E-state index contributed by atoms with van der Waals surface area (Å²) in [5.41, 5.74) is -2.25. The van der Waals surface area contributed by atoms with Gasteiger partial charge in [0.05, 0.1) is 15.5 Å². The molecule has 0 amide bonds. The van der Waals surface area contributed by atoms with Crippen LogP contribution in [0.2, 0.25) is 5.02 Å². The third-order valence-corrected chi connectivity index (χ3v) is 3.18. The van der Waals surface area contributed by atoms with Gasteiger partial charge >= 0.3 is 12.1 Å². The molecule has 0 fully saturated rings. The SMILES string of the molecule is O=C(O)c1cc(Oc2ccc(C(F)(F)F)cc2Cl)ccc1[N+](=O)[O-].[Na]. The number of alkyl halides is 3. The summed E-state index contributed by atoms with van der Waals surface area (Å²) < 4.78 is 42.9. The molecule has 127 valence electrons. The summed E-state index contributed by atoms with van der Waals surface area (Å²) in [5, 5.41) is 19.4. The Morgan fingerprint density at radius 1 is 1.20 bits per heavy atom. The van der Waals surface area contributed by atoms with Crippen molar-refractivity contribution in [1.29, 1.82) is 0 Å². The summed E-state index contributed by atoms with van der Waals surface area (Å²) in [7, 11) is 0. The third-order valence-electron chi connectivity index (χ3n) is 2.88. The Kier molecular flexibility index (Phi) is 6.83. The molecule has 1 N–H and O–H groups in total. The smallest absolute Gasteiger partial charge is 0.416 e. The summed E-state index contributed by atoms with van der Waals surface area (Å²) in [5.74, 6) is -1.83. The van der Waals surface area contributed by atoms with E-state index < -0.39 is 33.9 Å². The van der Waals surface area contributed by atoms with Crippen LogP contribution in [-0.4, -0.2) is 45.6 Å². The maximum absolute atomic E-state index is 12.6. The van der Waals surface area contributed by atoms with Gasteiger partial charge in [-0.05, 0) is 24.3 Å². The molecule has 0 aliphatic carbocycles. The summed E-state index contributed by atoms with van der Waals surface area (Å²) in [6, 6.07) is 5.27. The number of rotatable bonds is 4. The van der Waals surface area contributed by atoms with Gasteiger partial charge in [0.25, 0.3) is 5.69 Å². The Morgan fingerprint density at radius 2 is 1.84 bits per heavy atom. The van der Waals surface area contributed by atoms with Crippen molar-refractivity contribution in [3.05, 3.63) is 62.7 Å². The predicted molar refractivity (Wildman–Crippen MR) is 82.3 cm³/mol. The van der Waals surface area contributed by atoms with Gasteiger partial charge in [0.15, 0.2) is 0 Å². The van der Waals surface area contributed by atoms with Crippen LogP contribution in [0.3, 0.4) is 0 Å². The number of hydrogen-bond donors (Lipinski definition) is 1. The number of carboxylic acid groups (broad SMARTS) is 1. The number of carboxylic acids is 1. The second-order valence-corrected chi connectivity index (χ2v) is 4.89. The standard InChI is InChI=1S/C14H7ClF3NO5.Na/c15-10-5-7(14(16,17)18)1-4-12(10)24-8-2-3-11(19(22)23)9(6-8)13(20)21;/h1-6H,(H,20,21);. The van der Waals surface area contributed by atoms with Crippen LogP contribution in [0.1, 0.15) is 15.9 Å². The van der Waals surface area contributed by atoms with Crippen LogP contribution in [0.25, 0.3) is 0 Å². The molecule has 11 heteroatoms. The summed E-state index contributed by atoms with van der Waals surface area (Å²) in [4.78, 5) is 20.9. The third kappa shape index (κ3) is 5.08. The van der Waals surface area contributed by atoms with Gasteiger partial charge < -0.3 is 9.84 Å². The van der Waals surface area contributed by atoms with E-state index in [1.54, 1.807) is 0 Å². The van der Waals surface area contributed by atoms with E-state index in [4.69, 9.17) is 21.4 Å². The predicted octanol–water partition coefficient (Wildman–Crippen LogP) is 4.38. The molecule has 0 saturated heterocycles. The Balaban J connectivity index is 0.00000312. The van der Waals surface area contributed by atoms with Crippen LogP contribution in [0, 0.1) is 10.1 Å². The minimum atomic E-state index is -4.58. The van der Waals surface area contributed by atoms with Gasteiger partial charge in [-0.1, -0.05) is 11.6 Å². The zero-order valence-corrected chi connectivity index (χ0v) is 15.3. The Labute approximate surface area is 165 Å². The van der Waals surface area contributed by atoms with Gasteiger partial charge in [0, 0.05) is 41.7 Å². The zero-order chi connectivity index (χ0) is 18.1. The van der Waals surface area contributed by atoms with E-state index in [0.29, 0.717) is 6.07 Å². The average Bonchev–Trinajstić information content (AvgIpc) is 2.47. The number of nitrogens with zero attached hydrogens (tertiary/aromatic N) is 1. The van der Waals surface area contributed by atoms with Crippen LogP contribution in [0.4, 0.5) is 18.9 Å². The number of hydrogen-bond acceptors (Lipinski definition) is 4. The number of carbonyl (C=O) groups is 1. The molecule has 0 aliphatic rings. The normalized spacial score (nSPS) is 10.7. The molecular formula is C14H7ClF3NNaO5. The van der Waals surface area contributed by atoms with Crippen LogP contribution in [-0.2, 0) is 6.18 Å². The van der Waals surface area contributed by atoms with Gasteiger partial charge in [0.1, 0.15) is 17.1 Å². The van der Waals surface area contributed by atoms with Gasteiger partial charge in [0.2, 0.25) is 0 Å². The second-order valence-electron chi connectivity index (χ2n) is 4.49. The van der Waals surface area contributed by atoms with Gasteiger partial charge in [-0.2, -0.15) is 13.2 Å². The molecule has 0 bridgehead atoms. The van der Waals surface area contributed by atoms with E-state index in [1.807, 2.05) is 0 Å². The largest absolute Gasteiger partial charge is 0.477 e. The van der Waals surface area contributed by atoms with E-state index in [2.05, 4.69) is 0 Å². The molecule has 0 heterocycles. The van der Waals surface area contributed by atoms with Crippen LogP contribution < -0.4 is 4.74 Å². The number of nitro benzene ring substituents is 1. The molecule has 2 rings (SSSR count). The van der Waals surface area contributed by atoms with Crippen molar-refractivity contribution < 1.29 is 32.7 Å². The van der Waals surface area contributed by atoms with Crippen molar-refractivity contribution in [3.8, 4) is 11.5 Å². The number of nitro groups is 1. The number of benzene rings is 2. The molecule has 25 heavy (non-hydrogen) atoms. The van der Waals surface area contributed by atoms with Crippen molar-refractivity contribution in [2.24, 2.45) is 0 Å². The summed E-state index contributed by atoms with van der Waals surface area (Å²) >= 11 is 5.72. The van der Waals surface area contributed by atoms with E-state index >= 15 is 0 Å². The van der Waals surface area contributed by atoms with Gasteiger partial charge in [-0.15, -0.1) is 0 Å². The zero-order valence-electron chi connectivity index (χ0n) is 12.5. The monoisotopic (exact) mass is 384 g/mol. The van der Waals surface area contributed by atoms with Crippen LogP contribution >= 0.6 is 11.6 Å². The fraction of sp³-hybridized carbons (Fsp3) is 0.0714. The topological polar surface area (TPSA) is 89.7 Å². The van der Waals surface area contributed by atoms with E-state index in [1.165, 1.54) is 0 Å². The minimum absolute atomic E-state index is 0. The number of ether oxygens (including phenoxy) is 1. The molecule has 0 spiro atoms. The van der Waals surface area contributed by atoms with Crippen LogP contribution in [0.15, 0.2) is 36.4 Å². The summed E-state index contributed by atoms with van der Waals surface area (Å²) in [6.45, 7) is 0. The average molecular weight is 385 g/mol. The first-order valence-electron chi connectivity index (χ1n) is 6.16. The van der Waals surface area contributed by atoms with E-state index in [-0.39, 0.29) is 46.1 Å². The van der Waals surface area contributed by atoms with Crippen molar-refractivity contribution in [2.75, 3.05) is 0 Å². The van der Waals surface area contributed by atoms with Crippen molar-refractivity contribution in [3.63, 3.8) is 0 Å². The first kappa shape index (κ1) is 21.2. The molecule has 6 nitrogen and oxygen atoms in total. The number of halogens is 4. The Hall–Kier alpha value is -1.81. The molecule has 2 aromatic carbocycles. The van der Waals surface area contributed by atoms with Gasteiger partial charge in [-0.25, -0.2) is 4.79 Å². The first-order valence-corrected chi connectivity index (χ1v) is 6.53. The van der Waals surface area contributed by atoms with Crippen molar-refractivity contribution in [1.82, 2.24) is 0 Å². The van der Waals surface area contributed by atoms with E-state index in [0.717, 1.165) is 30.3 Å². The molecule has 0 atom stereocenters. The fourth-order valence-electron chi connectivity index (χ4n) is 1.80. The molecule has 2 aromatic rings. The summed E-state index contributed by atoms with van der Waals surface area (Å²) in [6.07, 6.45) is -4.58. The van der Waals surface area contributed by atoms with Crippen molar-refractivity contribution in [2.45, 2.75) is 6.18 Å². The molecule has 1 radical (unpaired) electrons. The second kappa shape index (κ2) is 8.05. The first-order chi connectivity index (χ1) is 11.1. The maximum atomic E-state index is 12.6. The molecular weight excluding hydrogens is 378 g/mol. The molecule has 0 aromatic heterocycles. The number of aromatic carboxylic acids is 1. The quantitative estimate of drug-likeness (QED) is 0.480. The maximum Gasteiger partial charge on any atom is 0.416 e. The minimum Gasteiger partial charge on any atom is -0.477 e. The van der Waals surface area contributed by atoms with Crippen molar-refractivity contribution >= 4 is 52.8 Å². The van der Waals surface area contributed by atoms with Crippen LogP contribution in [0.5, 0.6) is 11.5 Å². The Bertz CT molecular complexity index is 829.